The highest BCUT2D eigenvalue weighted by atomic mass is 16.1. The molecule has 0 aliphatic rings. The standard InChI is InChI=1S/C13H18N6O/c1-8(12-15-7-16-18-12)17-13(20)9-4-5-11(19(2)3)10(14)6-9/h4-8H,14H2,1-3H3,(H,17,20)(H,15,16,18). The van der Waals surface area contributed by atoms with Crippen LogP contribution in [-0.4, -0.2) is 35.2 Å². The lowest BCUT2D eigenvalue weighted by atomic mass is 10.1. The summed E-state index contributed by atoms with van der Waals surface area (Å²) in [7, 11) is 3.80. The van der Waals surface area contributed by atoms with Crippen molar-refractivity contribution in [1.29, 1.82) is 0 Å². The topological polar surface area (TPSA) is 99.9 Å². The monoisotopic (exact) mass is 274 g/mol. The van der Waals surface area contributed by atoms with Gasteiger partial charge in [-0.05, 0) is 25.1 Å². The van der Waals surface area contributed by atoms with Gasteiger partial charge in [0, 0.05) is 19.7 Å². The number of benzene rings is 1. The number of amides is 1. The molecule has 0 aliphatic carbocycles. The van der Waals surface area contributed by atoms with Gasteiger partial charge >= 0.3 is 0 Å². The highest BCUT2D eigenvalue weighted by Gasteiger charge is 2.14. The number of rotatable bonds is 4. The zero-order valence-electron chi connectivity index (χ0n) is 11.7. The van der Waals surface area contributed by atoms with Gasteiger partial charge in [0.2, 0.25) is 0 Å². The molecule has 20 heavy (non-hydrogen) atoms. The average molecular weight is 274 g/mol. The minimum absolute atomic E-state index is 0.203. The fraction of sp³-hybridized carbons (Fsp3) is 0.308. The van der Waals surface area contributed by atoms with Crippen LogP contribution in [0, 0.1) is 0 Å². The second-order valence-corrected chi connectivity index (χ2v) is 4.73. The predicted molar refractivity (Wildman–Crippen MR) is 77.4 cm³/mol. The Bertz CT molecular complexity index is 593. The minimum Gasteiger partial charge on any atom is -0.397 e. The highest BCUT2D eigenvalue weighted by Crippen LogP contribution is 2.22. The fourth-order valence-electron chi connectivity index (χ4n) is 1.87. The van der Waals surface area contributed by atoms with Crippen LogP contribution in [0.4, 0.5) is 11.4 Å². The molecule has 0 bridgehead atoms. The van der Waals surface area contributed by atoms with Gasteiger partial charge in [0.15, 0.2) is 0 Å². The van der Waals surface area contributed by atoms with E-state index in [-0.39, 0.29) is 11.9 Å². The molecule has 106 valence electrons. The number of carbonyl (C=O) groups excluding carboxylic acids is 1. The van der Waals surface area contributed by atoms with E-state index >= 15 is 0 Å². The molecule has 2 rings (SSSR count). The summed E-state index contributed by atoms with van der Waals surface area (Å²) < 4.78 is 0. The van der Waals surface area contributed by atoms with Crippen molar-refractivity contribution in [2.75, 3.05) is 24.7 Å². The van der Waals surface area contributed by atoms with Crippen molar-refractivity contribution in [3.63, 3.8) is 0 Å². The zero-order valence-corrected chi connectivity index (χ0v) is 11.7. The van der Waals surface area contributed by atoms with Crippen molar-refractivity contribution in [2.24, 2.45) is 0 Å². The lowest BCUT2D eigenvalue weighted by molar-refractivity contribution is 0.0938. The molecule has 0 saturated carbocycles. The maximum absolute atomic E-state index is 12.1. The molecule has 1 atom stereocenters. The molecule has 1 aromatic heterocycles. The van der Waals surface area contributed by atoms with Gasteiger partial charge in [0.05, 0.1) is 17.4 Å². The second kappa shape index (κ2) is 5.60. The van der Waals surface area contributed by atoms with Crippen molar-refractivity contribution in [2.45, 2.75) is 13.0 Å². The third kappa shape index (κ3) is 2.87. The Kier molecular flexibility index (Phi) is 3.88. The second-order valence-electron chi connectivity index (χ2n) is 4.73. The Morgan fingerprint density at radius 3 is 2.75 bits per heavy atom. The molecule has 1 unspecified atom stereocenters. The number of anilines is 2. The van der Waals surface area contributed by atoms with Crippen LogP contribution in [-0.2, 0) is 0 Å². The SMILES string of the molecule is CC(NC(=O)c1ccc(N(C)C)c(N)c1)c1ncn[nH]1. The molecule has 0 fully saturated rings. The molecule has 0 spiro atoms. The summed E-state index contributed by atoms with van der Waals surface area (Å²) in [6.07, 6.45) is 1.40. The third-order valence-electron chi connectivity index (χ3n) is 2.96. The first-order chi connectivity index (χ1) is 9.49. The first kappa shape index (κ1) is 13.9. The lowest BCUT2D eigenvalue weighted by Gasteiger charge is -2.16. The molecule has 7 nitrogen and oxygen atoms in total. The first-order valence-electron chi connectivity index (χ1n) is 6.22. The van der Waals surface area contributed by atoms with E-state index in [2.05, 4.69) is 20.5 Å². The Morgan fingerprint density at radius 2 is 2.20 bits per heavy atom. The Morgan fingerprint density at radius 1 is 1.45 bits per heavy atom. The molecule has 1 amide bonds. The number of H-pyrrole nitrogens is 1. The molecule has 2 aromatic rings. The van der Waals surface area contributed by atoms with Gasteiger partial charge in [-0.2, -0.15) is 5.10 Å². The van der Waals surface area contributed by atoms with Gasteiger partial charge in [-0.1, -0.05) is 0 Å². The smallest absolute Gasteiger partial charge is 0.251 e. The van der Waals surface area contributed by atoms with Crippen LogP contribution in [0.3, 0.4) is 0 Å². The van der Waals surface area contributed by atoms with E-state index < -0.39 is 0 Å². The van der Waals surface area contributed by atoms with E-state index in [1.807, 2.05) is 32.0 Å². The normalized spacial score (nSPS) is 11.9. The van der Waals surface area contributed by atoms with E-state index in [1.54, 1.807) is 12.1 Å². The van der Waals surface area contributed by atoms with Crippen molar-refractivity contribution in [3.05, 3.63) is 35.9 Å². The molecule has 0 radical (unpaired) electrons. The summed E-state index contributed by atoms with van der Waals surface area (Å²) in [6, 6.07) is 4.98. The summed E-state index contributed by atoms with van der Waals surface area (Å²) in [5, 5.41) is 9.31. The van der Waals surface area contributed by atoms with Crippen molar-refractivity contribution in [1.82, 2.24) is 20.5 Å². The molecular weight excluding hydrogens is 256 g/mol. The molecule has 7 heteroatoms. The van der Waals surface area contributed by atoms with Crippen LogP contribution in [0.1, 0.15) is 29.1 Å². The number of hydrogen-bond donors (Lipinski definition) is 3. The summed E-state index contributed by atoms with van der Waals surface area (Å²) in [5.74, 6) is 0.405. The van der Waals surface area contributed by atoms with Gasteiger partial charge in [0.1, 0.15) is 12.2 Å². The quantitative estimate of drug-likeness (QED) is 0.721. The van der Waals surface area contributed by atoms with Crippen molar-refractivity contribution < 1.29 is 4.79 Å². The number of aromatic amines is 1. The van der Waals surface area contributed by atoms with Crippen LogP contribution in [0.2, 0.25) is 0 Å². The highest BCUT2D eigenvalue weighted by molar-refractivity contribution is 5.96. The Labute approximate surface area is 117 Å². The largest absolute Gasteiger partial charge is 0.397 e. The molecule has 1 aromatic carbocycles. The number of nitrogens with one attached hydrogen (secondary N) is 2. The van der Waals surface area contributed by atoms with Crippen LogP contribution >= 0.6 is 0 Å². The van der Waals surface area contributed by atoms with Gasteiger partial charge < -0.3 is 16.0 Å². The maximum atomic E-state index is 12.1. The average Bonchev–Trinajstić information content (AvgIpc) is 2.91. The van der Waals surface area contributed by atoms with E-state index in [4.69, 9.17) is 5.73 Å². The number of nitrogen functional groups attached to an aromatic ring is 1. The molecular formula is C13H18N6O. The van der Waals surface area contributed by atoms with Crippen LogP contribution < -0.4 is 16.0 Å². The molecule has 4 N–H and O–H groups in total. The molecule has 0 aliphatic heterocycles. The fourth-order valence-corrected chi connectivity index (χ4v) is 1.87. The van der Waals surface area contributed by atoms with E-state index in [0.29, 0.717) is 17.1 Å². The van der Waals surface area contributed by atoms with Crippen LogP contribution in [0.15, 0.2) is 24.5 Å². The van der Waals surface area contributed by atoms with Crippen LogP contribution in [0.5, 0.6) is 0 Å². The Balaban J connectivity index is 2.12. The predicted octanol–water partition coefficient (Wildman–Crippen LogP) is 0.944. The molecule has 1 heterocycles. The Hall–Kier alpha value is -2.57. The van der Waals surface area contributed by atoms with E-state index in [0.717, 1.165) is 5.69 Å². The first-order valence-corrected chi connectivity index (χ1v) is 6.22. The lowest BCUT2D eigenvalue weighted by Crippen LogP contribution is -2.27. The number of nitrogens with zero attached hydrogens (tertiary/aromatic N) is 3. The van der Waals surface area contributed by atoms with E-state index in [9.17, 15) is 4.79 Å². The number of hydrogen-bond acceptors (Lipinski definition) is 5. The summed E-state index contributed by atoms with van der Waals surface area (Å²) in [4.78, 5) is 18.0. The molecule has 0 saturated heterocycles. The summed E-state index contributed by atoms with van der Waals surface area (Å²) >= 11 is 0. The third-order valence-corrected chi connectivity index (χ3v) is 2.96. The number of nitrogens with two attached hydrogens (primary N) is 1. The van der Waals surface area contributed by atoms with Gasteiger partial charge in [0.25, 0.3) is 5.91 Å². The van der Waals surface area contributed by atoms with Crippen molar-refractivity contribution in [3.8, 4) is 0 Å². The summed E-state index contributed by atoms with van der Waals surface area (Å²) in [5.41, 5.74) is 7.89. The minimum atomic E-state index is -0.250. The van der Waals surface area contributed by atoms with Gasteiger partial charge in [-0.3, -0.25) is 9.89 Å². The maximum Gasteiger partial charge on any atom is 0.251 e. The van der Waals surface area contributed by atoms with Gasteiger partial charge in [-0.25, -0.2) is 4.98 Å². The van der Waals surface area contributed by atoms with Gasteiger partial charge in [-0.15, -0.1) is 0 Å². The van der Waals surface area contributed by atoms with Crippen molar-refractivity contribution >= 4 is 17.3 Å². The summed E-state index contributed by atoms with van der Waals surface area (Å²) in [6.45, 7) is 1.83. The zero-order chi connectivity index (χ0) is 14.7. The van der Waals surface area contributed by atoms with Crippen LogP contribution in [0.25, 0.3) is 0 Å². The number of aromatic nitrogens is 3. The van der Waals surface area contributed by atoms with E-state index in [1.165, 1.54) is 6.33 Å². The number of carbonyl (C=O) groups is 1.